The molecule has 1 aromatic heterocycles. The highest BCUT2D eigenvalue weighted by Crippen LogP contribution is 2.31. The van der Waals surface area contributed by atoms with Crippen LogP contribution in [0.15, 0.2) is 30.6 Å². The molecule has 4 N–H and O–H groups in total. The second-order valence-electron chi connectivity index (χ2n) is 3.69. The molecule has 0 atom stereocenters. The van der Waals surface area contributed by atoms with Gasteiger partial charge >= 0.3 is 6.18 Å². The topological polar surface area (TPSA) is 83.8 Å². The first-order valence-corrected chi connectivity index (χ1v) is 5.15. The van der Waals surface area contributed by atoms with E-state index < -0.39 is 17.6 Å². The standard InChI is InChI=1S/C11H9F3N4O/c12-11(13,14)6-1-2-8(15)7(5-6)9(19)18-10-16-3-4-17-10/h1-5H,15H2,(H2,16,17,18,19). The molecule has 1 amide bonds. The molecule has 0 unspecified atom stereocenters. The third kappa shape index (κ3) is 2.84. The number of alkyl halides is 3. The van der Waals surface area contributed by atoms with Gasteiger partial charge in [0.25, 0.3) is 5.91 Å². The van der Waals surface area contributed by atoms with E-state index in [1.54, 1.807) is 0 Å². The largest absolute Gasteiger partial charge is 0.416 e. The minimum atomic E-state index is -4.53. The highest BCUT2D eigenvalue weighted by atomic mass is 19.4. The number of amides is 1. The van der Waals surface area contributed by atoms with E-state index >= 15 is 0 Å². The maximum absolute atomic E-state index is 12.5. The van der Waals surface area contributed by atoms with E-state index in [2.05, 4.69) is 15.3 Å². The molecule has 0 aliphatic rings. The van der Waals surface area contributed by atoms with E-state index in [1.165, 1.54) is 12.4 Å². The molecular formula is C11H9F3N4O. The third-order valence-corrected chi connectivity index (χ3v) is 2.36. The number of nitrogen functional groups attached to an aromatic ring is 1. The van der Waals surface area contributed by atoms with E-state index in [9.17, 15) is 18.0 Å². The molecule has 1 heterocycles. The molecule has 0 aliphatic heterocycles. The van der Waals surface area contributed by atoms with Gasteiger partial charge in [0.2, 0.25) is 5.95 Å². The van der Waals surface area contributed by atoms with Crippen molar-refractivity contribution in [3.05, 3.63) is 41.7 Å². The maximum Gasteiger partial charge on any atom is 0.416 e. The van der Waals surface area contributed by atoms with Gasteiger partial charge in [-0.25, -0.2) is 4.98 Å². The highest BCUT2D eigenvalue weighted by Gasteiger charge is 2.31. The van der Waals surface area contributed by atoms with E-state index in [-0.39, 0.29) is 17.2 Å². The fourth-order valence-electron chi connectivity index (χ4n) is 1.44. The van der Waals surface area contributed by atoms with Crippen LogP contribution >= 0.6 is 0 Å². The Morgan fingerprint density at radius 1 is 1.37 bits per heavy atom. The summed E-state index contributed by atoms with van der Waals surface area (Å²) in [4.78, 5) is 18.1. The SMILES string of the molecule is Nc1ccc(C(F)(F)F)cc1C(=O)Nc1ncc[nH]1. The van der Waals surface area contributed by atoms with Gasteiger partial charge in [0.15, 0.2) is 0 Å². The number of rotatable bonds is 2. The van der Waals surface area contributed by atoms with Gasteiger partial charge in [-0.15, -0.1) is 0 Å². The third-order valence-electron chi connectivity index (χ3n) is 2.36. The number of aromatic amines is 1. The summed E-state index contributed by atoms with van der Waals surface area (Å²) in [7, 11) is 0. The smallest absolute Gasteiger partial charge is 0.398 e. The van der Waals surface area contributed by atoms with Crippen LogP contribution < -0.4 is 11.1 Å². The number of aromatic nitrogens is 2. The lowest BCUT2D eigenvalue weighted by Gasteiger charge is -2.10. The van der Waals surface area contributed by atoms with E-state index in [0.717, 1.165) is 12.1 Å². The van der Waals surface area contributed by atoms with Crippen LogP contribution in [-0.4, -0.2) is 15.9 Å². The average Bonchev–Trinajstić information content (AvgIpc) is 2.80. The average molecular weight is 270 g/mol. The summed E-state index contributed by atoms with van der Waals surface area (Å²) >= 11 is 0. The van der Waals surface area contributed by atoms with Crippen LogP contribution in [0.4, 0.5) is 24.8 Å². The molecule has 1 aromatic carbocycles. The van der Waals surface area contributed by atoms with Crippen LogP contribution in [0.3, 0.4) is 0 Å². The molecule has 8 heteroatoms. The predicted molar refractivity (Wildman–Crippen MR) is 62.4 cm³/mol. The lowest BCUT2D eigenvalue weighted by molar-refractivity contribution is -0.137. The van der Waals surface area contributed by atoms with E-state index in [1.807, 2.05) is 0 Å². The van der Waals surface area contributed by atoms with Crippen LogP contribution in [0.1, 0.15) is 15.9 Å². The molecule has 0 aliphatic carbocycles. The molecule has 0 radical (unpaired) electrons. The zero-order valence-electron chi connectivity index (χ0n) is 9.45. The number of anilines is 2. The number of benzene rings is 1. The molecule has 5 nitrogen and oxygen atoms in total. The van der Waals surface area contributed by atoms with Gasteiger partial charge in [-0.1, -0.05) is 0 Å². The van der Waals surface area contributed by atoms with Crippen molar-refractivity contribution in [2.24, 2.45) is 0 Å². The normalized spacial score (nSPS) is 11.3. The first kappa shape index (κ1) is 12.9. The van der Waals surface area contributed by atoms with Gasteiger partial charge in [0.1, 0.15) is 0 Å². The van der Waals surface area contributed by atoms with Crippen molar-refractivity contribution in [2.75, 3.05) is 11.1 Å². The Labute approximate surface area is 105 Å². The number of carbonyl (C=O) groups excluding carboxylic acids is 1. The van der Waals surface area contributed by atoms with Crippen LogP contribution in [0.2, 0.25) is 0 Å². The van der Waals surface area contributed by atoms with Crippen LogP contribution in [-0.2, 0) is 6.18 Å². The van der Waals surface area contributed by atoms with Gasteiger partial charge in [0.05, 0.1) is 11.1 Å². The first-order valence-electron chi connectivity index (χ1n) is 5.15. The van der Waals surface area contributed by atoms with Gasteiger partial charge in [0, 0.05) is 18.1 Å². The summed E-state index contributed by atoms with van der Waals surface area (Å²) in [5, 5.41) is 2.30. The quantitative estimate of drug-likeness (QED) is 0.732. The van der Waals surface area contributed by atoms with E-state index in [4.69, 9.17) is 5.73 Å². The Hall–Kier alpha value is -2.51. The highest BCUT2D eigenvalue weighted by molar-refractivity contribution is 6.07. The zero-order valence-corrected chi connectivity index (χ0v) is 9.45. The van der Waals surface area contributed by atoms with Crippen molar-refractivity contribution in [1.82, 2.24) is 9.97 Å². The minimum absolute atomic E-state index is 0.0444. The van der Waals surface area contributed by atoms with Crippen LogP contribution in [0.5, 0.6) is 0 Å². The molecule has 2 rings (SSSR count). The second-order valence-corrected chi connectivity index (χ2v) is 3.69. The molecule has 2 aromatic rings. The lowest BCUT2D eigenvalue weighted by atomic mass is 10.1. The van der Waals surface area contributed by atoms with Crippen molar-refractivity contribution in [3.63, 3.8) is 0 Å². The summed E-state index contributed by atoms with van der Waals surface area (Å²) in [6, 6.07) is 2.56. The monoisotopic (exact) mass is 270 g/mol. The van der Waals surface area contributed by atoms with Crippen molar-refractivity contribution < 1.29 is 18.0 Å². The molecule has 0 spiro atoms. The van der Waals surface area contributed by atoms with Gasteiger partial charge in [-0.05, 0) is 18.2 Å². The molecule has 0 saturated heterocycles. The molecule has 100 valence electrons. The maximum atomic E-state index is 12.5. The molecule has 0 fully saturated rings. The summed E-state index contributed by atoms with van der Waals surface area (Å²) in [6.45, 7) is 0. The van der Waals surface area contributed by atoms with Crippen molar-refractivity contribution in [2.45, 2.75) is 6.18 Å². The van der Waals surface area contributed by atoms with Crippen LogP contribution in [0, 0.1) is 0 Å². The fourth-order valence-corrected chi connectivity index (χ4v) is 1.44. The van der Waals surface area contributed by atoms with Gasteiger partial charge in [-0.2, -0.15) is 13.2 Å². The molecule has 19 heavy (non-hydrogen) atoms. The number of imidazole rings is 1. The Balaban J connectivity index is 2.31. The Morgan fingerprint density at radius 3 is 2.68 bits per heavy atom. The number of halogens is 3. The second kappa shape index (κ2) is 4.63. The number of nitrogens with one attached hydrogen (secondary N) is 2. The van der Waals surface area contributed by atoms with Crippen molar-refractivity contribution >= 4 is 17.5 Å². The van der Waals surface area contributed by atoms with Gasteiger partial charge in [-0.3, -0.25) is 10.1 Å². The number of H-pyrrole nitrogens is 1. The van der Waals surface area contributed by atoms with Crippen LogP contribution in [0.25, 0.3) is 0 Å². The first-order chi connectivity index (χ1) is 8.88. The summed E-state index contributed by atoms with van der Waals surface area (Å²) < 4.78 is 37.6. The Bertz CT molecular complexity index is 592. The molecular weight excluding hydrogens is 261 g/mol. The summed E-state index contributed by atoms with van der Waals surface area (Å²) in [5.74, 6) is -0.639. The number of carbonyl (C=O) groups is 1. The summed E-state index contributed by atoms with van der Waals surface area (Å²) in [5.41, 5.74) is 4.26. The fraction of sp³-hybridized carbons (Fsp3) is 0.0909. The summed E-state index contributed by atoms with van der Waals surface area (Å²) in [6.07, 6.45) is -1.68. The van der Waals surface area contributed by atoms with Crippen molar-refractivity contribution in [1.29, 1.82) is 0 Å². The molecule has 0 saturated carbocycles. The number of hydrogen-bond donors (Lipinski definition) is 3. The number of nitrogens with zero attached hydrogens (tertiary/aromatic N) is 1. The van der Waals surface area contributed by atoms with E-state index in [0.29, 0.717) is 6.07 Å². The predicted octanol–water partition coefficient (Wildman–Crippen LogP) is 2.26. The minimum Gasteiger partial charge on any atom is -0.398 e. The van der Waals surface area contributed by atoms with Crippen molar-refractivity contribution in [3.8, 4) is 0 Å². The Morgan fingerprint density at radius 2 is 2.11 bits per heavy atom. The lowest BCUT2D eigenvalue weighted by Crippen LogP contribution is -2.16. The number of hydrogen-bond acceptors (Lipinski definition) is 3. The molecule has 0 bridgehead atoms. The zero-order chi connectivity index (χ0) is 14.0. The number of nitrogens with two attached hydrogens (primary N) is 1. The van der Waals surface area contributed by atoms with Gasteiger partial charge < -0.3 is 10.7 Å². The Kier molecular flexibility index (Phi) is 3.16.